The van der Waals surface area contributed by atoms with Crippen molar-refractivity contribution in [2.75, 3.05) is 0 Å². The van der Waals surface area contributed by atoms with E-state index in [0.29, 0.717) is 22.3 Å². The van der Waals surface area contributed by atoms with Crippen LogP contribution >= 0.6 is 23.2 Å². The minimum absolute atomic E-state index is 0.0101. The molecule has 2 nitrogen and oxygen atoms in total. The van der Waals surface area contributed by atoms with Crippen LogP contribution in [0.5, 0.6) is 0 Å². The van der Waals surface area contributed by atoms with E-state index in [-0.39, 0.29) is 18.0 Å². The Kier molecular flexibility index (Phi) is 2.84. The molecule has 0 amide bonds. The number of rotatable bonds is 0. The summed E-state index contributed by atoms with van der Waals surface area (Å²) in [6.45, 7) is 0. The van der Waals surface area contributed by atoms with Crippen molar-refractivity contribution in [3.05, 3.63) is 70.8 Å². The van der Waals surface area contributed by atoms with Crippen molar-refractivity contribution < 1.29 is 9.59 Å². The van der Waals surface area contributed by atoms with Crippen LogP contribution in [0.2, 0.25) is 0 Å². The van der Waals surface area contributed by atoms with Gasteiger partial charge in [-0.1, -0.05) is 71.7 Å². The zero-order valence-electron chi connectivity index (χ0n) is 11.4. The van der Waals surface area contributed by atoms with Crippen LogP contribution in [-0.2, 0) is 11.2 Å². The van der Waals surface area contributed by atoms with E-state index in [4.69, 9.17) is 23.2 Å². The van der Waals surface area contributed by atoms with Gasteiger partial charge >= 0.3 is 0 Å². The van der Waals surface area contributed by atoms with E-state index < -0.39 is 4.33 Å². The zero-order chi connectivity index (χ0) is 15.5. The molecule has 2 aromatic carbocycles. The summed E-state index contributed by atoms with van der Waals surface area (Å²) in [5, 5.41) is 0. The summed E-state index contributed by atoms with van der Waals surface area (Å²) in [4.78, 5) is 25.0. The summed E-state index contributed by atoms with van der Waals surface area (Å²) in [5.74, 6) is -0.355. The Bertz CT molecular complexity index is 878. The van der Waals surface area contributed by atoms with Gasteiger partial charge in [-0.2, -0.15) is 0 Å². The first-order valence-electron chi connectivity index (χ1n) is 6.90. The van der Waals surface area contributed by atoms with Gasteiger partial charge in [0.25, 0.3) is 0 Å². The molecule has 0 heterocycles. The molecule has 0 saturated heterocycles. The van der Waals surface area contributed by atoms with Gasteiger partial charge in [0.1, 0.15) is 0 Å². The van der Waals surface area contributed by atoms with E-state index in [1.165, 1.54) is 0 Å². The van der Waals surface area contributed by atoms with Crippen molar-refractivity contribution in [3.8, 4) is 0 Å². The largest absolute Gasteiger partial charge is 0.294 e. The summed E-state index contributed by atoms with van der Waals surface area (Å²) in [7, 11) is 0. The standard InChI is InChI=1S/C18H10Cl2O2/c19-18(20)16-11-6-2-1-5-10(11)9-14(21)12-7-3-4-8-13(12)15(16)17(18)22/h1-8H,9H2. The van der Waals surface area contributed by atoms with Crippen LogP contribution in [0, 0.1) is 0 Å². The molecule has 0 fully saturated rings. The third kappa shape index (κ3) is 1.68. The lowest BCUT2D eigenvalue weighted by molar-refractivity contribution is -0.114. The number of benzene rings is 2. The molecule has 0 radical (unpaired) electrons. The second kappa shape index (κ2) is 4.55. The molecule has 0 aromatic heterocycles. The molecule has 0 spiro atoms. The van der Waals surface area contributed by atoms with E-state index in [9.17, 15) is 9.59 Å². The number of carbonyl (C=O) groups excluding carboxylic acids is 2. The normalized spacial score (nSPS) is 18.6. The third-order valence-electron chi connectivity index (χ3n) is 4.21. The van der Waals surface area contributed by atoms with E-state index in [1.54, 1.807) is 24.3 Å². The van der Waals surface area contributed by atoms with Crippen molar-refractivity contribution >= 4 is 45.9 Å². The topological polar surface area (TPSA) is 34.1 Å². The van der Waals surface area contributed by atoms with Gasteiger partial charge in [-0.3, -0.25) is 9.59 Å². The van der Waals surface area contributed by atoms with Gasteiger partial charge in [-0.25, -0.2) is 0 Å². The van der Waals surface area contributed by atoms with Gasteiger partial charge < -0.3 is 0 Å². The lowest BCUT2D eigenvalue weighted by atomic mass is 9.73. The van der Waals surface area contributed by atoms with Gasteiger partial charge in [0.2, 0.25) is 10.1 Å². The average Bonchev–Trinajstić information content (AvgIpc) is 2.51. The number of allylic oxidation sites excluding steroid dienone is 2. The molecule has 22 heavy (non-hydrogen) atoms. The number of fused-ring (bicyclic) bond motifs is 4. The first-order chi connectivity index (χ1) is 10.5. The molecule has 0 N–H and O–H groups in total. The van der Waals surface area contributed by atoms with Crippen molar-refractivity contribution in [2.45, 2.75) is 10.8 Å². The van der Waals surface area contributed by atoms with Crippen molar-refractivity contribution in [2.24, 2.45) is 0 Å². The maximum Gasteiger partial charge on any atom is 0.206 e. The Labute approximate surface area is 137 Å². The molecule has 4 heteroatoms. The van der Waals surface area contributed by atoms with Crippen LogP contribution < -0.4 is 0 Å². The smallest absolute Gasteiger partial charge is 0.206 e. The Morgan fingerprint density at radius 3 is 2.14 bits per heavy atom. The van der Waals surface area contributed by atoms with Crippen molar-refractivity contribution in [1.82, 2.24) is 0 Å². The van der Waals surface area contributed by atoms with Gasteiger partial charge in [0.05, 0.1) is 0 Å². The molecule has 108 valence electrons. The zero-order valence-corrected chi connectivity index (χ0v) is 12.9. The maximum atomic E-state index is 12.6. The number of ketones is 2. The van der Waals surface area contributed by atoms with E-state index in [2.05, 4.69) is 0 Å². The van der Waals surface area contributed by atoms with Gasteiger partial charge in [-0.05, 0) is 16.7 Å². The van der Waals surface area contributed by atoms with Crippen LogP contribution in [0.3, 0.4) is 0 Å². The van der Waals surface area contributed by atoms with Gasteiger partial charge in [0.15, 0.2) is 5.78 Å². The number of alkyl halides is 2. The fourth-order valence-corrected chi connectivity index (χ4v) is 3.75. The summed E-state index contributed by atoms with van der Waals surface area (Å²) < 4.78 is -1.54. The monoisotopic (exact) mass is 328 g/mol. The van der Waals surface area contributed by atoms with Crippen LogP contribution in [0.1, 0.15) is 27.0 Å². The quantitative estimate of drug-likeness (QED) is 0.682. The number of halogens is 2. The average molecular weight is 329 g/mol. The van der Waals surface area contributed by atoms with Gasteiger partial charge in [-0.15, -0.1) is 0 Å². The van der Waals surface area contributed by atoms with Gasteiger partial charge in [0, 0.05) is 23.1 Å². The summed E-state index contributed by atoms with van der Waals surface area (Å²) in [6.07, 6.45) is 0.266. The SMILES string of the molecule is O=C1Cc2ccccc2C2=C(C(=O)C2(Cl)Cl)c2ccccc21. The molecule has 2 aliphatic carbocycles. The highest BCUT2D eigenvalue weighted by Gasteiger charge is 2.53. The van der Waals surface area contributed by atoms with Crippen LogP contribution in [-0.4, -0.2) is 15.9 Å². The first kappa shape index (κ1) is 13.7. The molecule has 0 unspecified atom stereocenters. The second-order valence-electron chi connectivity index (χ2n) is 5.46. The number of hydrogen-bond donors (Lipinski definition) is 0. The lowest BCUT2D eigenvalue weighted by Gasteiger charge is -2.37. The molecule has 0 atom stereocenters. The lowest BCUT2D eigenvalue weighted by Crippen LogP contribution is -2.41. The first-order valence-corrected chi connectivity index (χ1v) is 7.65. The second-order valence-corrected chi connectivity index (χ2v) is 6.78. The Morgan fingerprint density at radius 2 is 1.41 bits per heavy atom. The molecule has 0 aliphatic heterocycles. The van der Waals surface area contributed by atoms with Crippen molar-refractivity contribution in [1.29, 1.82) is 0 Å². The molecular formula is C18H10Cl2O2. The van der Waals surface area contributed by atoms with Crippen molar-refractivity contribution in [3.63, 3.8) is 0 Å². The Balaban J connectivity index is 2.13. The predicted octanol–water partition coefficient (Wildman–Crippen LogP) is 4.09. The predicted molar refractivity (Wildman–Crippen MR) is 87.2 cm³/mol. The highest BCUT2D eigenvalue weighted by atomic mass is 35.5. The summed E-state index contributed by atoms with van der Waals surface area (Å²) in [6, 6.07) is 14.6. The minimum Gasteiger partial charge on any atom is -0.294 e. The molecule has 4 rings (SSSR count). The van der Waals surface area contributed by atoms with Crippen LogP contribution in [0.25, 0.3) is 11.1 Å². The summed E-state index contributed by atoms with van der Waals surface area (Å²) >= 11 is 12.5. The van der Waals surface area contributed by atoms with Crippen LogP contribution in [0.15, 0.2) is 48.5 Å². The van der Waals surface area contributed by atoms with E-state index in [0.717, 1.165) is 11.1 Å². The Hall–Kier alpha value is -1.90. The molecule has 0 bridgehead atoms. The fraction of sp³-hybridized carbons (Fsp3) is 0.111. The fourth-order valence-electron chi connectivity index (χ4n) is 3.17. The molecule has 2 aromatic rings. The summed E-state index contributed by atoms with van der Waals surface area (Å²) in [5.41, 5.74) is 3.86. The number of carbonyl (C=O) groups is 2. The Morgan fingerprint density at radius 1 is 0.818 bits per heavy atom. The molecule has 0 saturated carbocycles. The molecular weight excluding hydrogens is 319 g/mol. The highest BCUT2D eigenvalue weighted by molar-refractivity contribution is 6.76. The number of hydrogen-bond acceptors (Lipinski definition) is 2. The highest BCUT2D eigenvalue weighted by Crippen LogP contribution is 2.55. The van der Waals surface area contributed by atoms with E-state index in [1.807, 2.05) is 24.3 Å². The molecule has 2 aliphatic rings. The minimum atomic E-state index is -1.54. The number of Topliss-reactive ketones (excluding diaryl/α,β-unsaturated/α-hetero) is 2. The van der Waals surface area contributed by atoms with E-state index >= 15 is 0 Å². The maximum absolute atomic E-state index is 12.6. The van der Waals surface area contributed by atoms with Crippen LogP contribution in [0.4, 0.5) is 0 Å². The third-order valence-corrected chi connectivity index (χ3v) is 4.93.